The minimum Gasteiger partial charge on any atom is -0.375 e. The lowest BCUT2D eigenvalue weighted by Gasteiger charge is -2.33. The summed E-state index contributed by atoms with van der Waals surface area (Å²) in [6.07, 6.45) is 5.27. The van der Waals surface area contributed by atoms with Gasteiger partial charge in [-0.15, -0.1) is 0 Å². The molecule has 1 saturated carbocycles. The Kier molecular flexibility index (Phi) is 4.30. The first-order valence-electron chi connectivity index (χ1n) is 6.40. The minimum absolute atomic E-state index is 0.0168. The molecule has 2 N–H and O–H groups in total. The van der Waals surface area contributed by atoms with Gasteiger partial charge in [0.1, 0.15) is 11.6 Å². The number of benzene rings is 1. The average molecular weight is 255 g/mol. The van der Waals surface area contributed by atoms with Crippen LogP contribution >= 0.6 is 0 Å². The fourth-order valence-electron chi connectivity index (χ4n) is 2.43. The Morgan fingerprint density at radius 3 is 2.33 bits per heavy atom. The Morgan fingerprint density at radius 2 is 1.72 bits per heavy atom. The molecule has 0 radical (unpaired) electrons. The molecule has 0 aliphatic heterocycles. The van der Waals surface area contributed by atoms with Crippen molar-refractivity contribution in [2.45, 2.75) is 44.2 Å². The zero-order valence-corrected chi connectivity index (χ0v) is 10.4. The molecule has 100 valence electrons. The van der Waals surface area contributed by atoms with Crippen molar-refractivity contribution >= 4 is 0 Å². The summed E-state index contributed by atoms with van der Waals surface area (Å²) in [5.74, 6) is -1.13. The van der Waals surface area contributed by atoms with Crippen LogP contribution < -0.4 is 5.73 Å². The lowest BCUT2D eigenvalue weighted by atomic mass is 9.83. The first-order valence-corrected chi connectivity index (χ1v) is 6.40. The molecule has 0 aromatic heterocycles. The Bertz CT molecular complexity index is 383. The summed E-state index contributed by atoms with van der Waals surface area (Å²) in [7, 11) is 0. The molecule has 0 unspecified atom stereocenters. The second kappa shape index (κ2) is 5.76. The molecule has 2 rings (SSSR count). The van der Waals surface area contributed by atoms with Gasteiger partial charge in [-0.2, -0.15) is 0 Å². The molecule has 1 aromatic rings. The highest BCUT2D eigenvalue weighted by Crippen LogP contribution is 2.26. The molecule has 4 heteroatoms. The lowest BCUT2D eigenvalue weighted by Crippen LogP contribution is -2.46. The van der Waals surface area contributed by atoms with Crippen LogP contribution in [0.3, 0.4) is 0 Å². The normalized spacial score (nSPS) is 18.8. The third-order valence-corrected chi connectivity index (χ3v) is 3.55. The van der Waals surface area contributed by atoms with Crippen LogP contribution in [-0.2, 0) is 11.3 Å². The van der Waals surface area contributed by atoms with Gasteiger partial charge in [0.15, 0.2) is 0 Å². The molecule has 0 amide bonds. The molecule has 0 heterocycles. The highest BCUT2D eigenvalue weighted by molar-refractivity contribution is 5.18. The number of rotatable bonds is 4. The van der Waals surface area contributed by atoms with Gasteiger partial charge in [-0.05, 0) is 25.0 Å². The molecule has 0 atom stereocenters. The summed E-state index contributed by atoms with van der Waals surface area (Å²) in [4.78, 5) is 0. The molecule has 1 aromatic carbocycles. The Hall–Kier alpha value is -1.00. The van der Waals surface area contributed by atoms with E-state index >= 15 is 0 Å². The van der Waals surface area contributed by atoms with Gasteiger partial charge in [0.25, 0.3) is 0 Å². The third-order valence-electron chi connectivity index (χ3n) is 3.55. The zero-order chi connectivity index (χ0) is 13.0. The second-order valence-electron chi connectivity index (χ2n) is 5.12. The van der Waals surface area contributed by atoms with Crippen LogP contribution in [0.15, 0.2) is 18.2 Å². The molecular weight excluding hydrogens is 236 g/mol. The van der Waals surface area contributed by atoms with Crippen molar-refractivity contribution in [3.05, 3.63) is 35.4 Å². The molecule has 0 saturated heterocycles. The van der Waals surface area contributed by atoms with Gasteiger partial charge in [-0.1, -0.05) is 25.3 Å². The van der Waals surface area contributed by atoms with E-state index in [0.29, 0.717) is 6.61 Å². The molecule has 1 aliphatic carbocycles. The topological polar surface area (TPSA) is 35.2 Å². The van der Waals surface area contributed by atoms with Gasteiger partial charge in [0, 0.05) is 11.1 Å². The number of hydrogen-bond donors (Lipinski definition) is 1. The largest absolute Gasteiger partial charge is 0.375 e. The van der Waals surface area contributed by atoms with Crippen molar-refractivity contribution in [3.8, 4) is 0 Å². The fraction of sp³-hybridized carbons (Fsp3) is 0.571. The second-order valence-corrected chi connectivity index (χ2v) is 5.12. The molecule has 0 spiro atoms. The predicted octanol–water partition coefficient (Wildman–Crippen LogP) is 3.14. The smallest absolute Gasteiger partial charge is 0.131 e. The maximum Gasteiger partial charge on any atom is 0.131 e. The maximum absolute atomic E-state index is 13.4. The lowest BCUT2D eigenvalue weighted by molar-refractivity contribution is 0.0545. The third kappa shape index (κ3) is 3.27. The van der Waals surface area contributed by atoms with Gasteiger partial charge in [-0.25, -0.2) is 8.78 Å². The van der Waals surface area contributed by atoms with Crippen LogP contribution in [0.2, 0.25) is 0 Å². The molecule has 18 heavy (non-hydrogen) atoms. The van der Waals surface area contributed by atoms with E-state index in [2.05, 4.69) is 0 Å². The van der Waals surface area contributed by atoms with E-state index < -0.39 is 11.6 Å². The quantitative estimate of drug-likeness (QED) is 0.897. The van der Waals surface area contributed by atoms with Crippen LogP contribution in [0, 0.1) is 11.6 Å². The van der Waals surface area contributed by atoms with Crippen LogP contribution in [0.5, 0.6) is 0 Å². The number of halogens is 2. The van der Waals surface area contributed by atoms with Gasteiger partial charge in [0.05, 0.1) is 13.2 Å². The van der Waals surface area contributed by atoms with E-state index in [1.807, 2.05) is 0 Å². The zero-order valence-electron chi connectivity index (χ0n) is 10.4. The summed E-state index contributed by atoms with van der Waals surface area (Å²) in [5.41, 5.74) is 5.85. The van der Waals surface area contributed by atoms with Gasteiger partial charge in [0.2, 0.25) is 0 Å². The monoisotopic (exact) mass is 255 g/mol. The molecule has 0 bridgehead atoms. The average Bonchev–Trinajstić information content (AvgIpc) is 2.34. The van der Waals surface area contributed by atoms with Crippen molar-refractivity contribution in [1.29, 1.82) is 0 Å². The summed E-state index contributed by atoms with van der Waals surface area (Å²) in [6, 6.07) is 3.82. The van der Waals surface area contributed by atoms with Gasteiger partial charge >= 0.3 is 0 Å². The van der Waals surface area contributed by atoms with E-state index in [4.69, 9.17) is 10.5 Å². The fourth-order valence-corrected chi connectivity index (χ4v) is 2.43. The first kappa shape index (κ1) is 13.4. The molecule has 1 aliphatic rings. The van der Waals surface area contributed by atoms with E-state index in [-0.39, 0.29) is 17.7 Å². The Balaban J connectivity index is 1.88. The number of ether oxygens (including phenoxy) is 1. The first-order chi connectivity index (χ1) is 8.61. The summed E-state index contributed by atoms with van der Waals surface area (Å²) in [6.45, 7) is 0.304. The predicted molar refractivity (Wildman–Crippen MR) is 66.0 cm³/mol. The summed E-state index contributed by atoms with van der Waals surface area (Å²) >= 11 is 0. The Labute approximate surface area is 106 Å². The van der Waals surface area contributed by atoms with Crippen LogP contribution in [0.4, 0.5) is 8.78 Å². The van der Waals surface area contributed by atoms with Crippen molar-refractivity contribution in [3.63, 3.8) is 0 Å². The highest BCUT2D eigenvalue weighted by atomic mass is 19.1. The molecule has 1 fully saturated rings. The van der Waals surface area contributed by atoms with Crippen molar-refractivity contribution in [2.24, 2.45) is 5.73 Å². The molecule has 2 nitrogen and oxygen atoms in total. The van der Waals surface area contributed by atoms with Crippen molar-refractivity contribution in [2.75, 3.05) is 6.61 Å². The van der Waals surface area contributed by atoms with E-state index in [0.717, 1.165) is 25.7 Å². The van der Waals surface area contributed by atoms with Crippen molar-refractivity contribution in [1.82, 2.24) is 0 Å². The highest BCUT2D eigenvalue weighted by Gasteiger charge is 2.27. The minimum atomic E-state index is -0.565. The maximum atomic E-state index is 13.4. The standard InChI is InChI=1S/C14H19F2NO/c15-12-5-4-6-13(16)11(12)9-18-10-14(17)7-2-1-3-8-14/h4-6H,1-3,7-10,17H2. The van der Waals surface area contributed by atoms with Gasteiger partial charge < -0.3 is 10.5 Å². The van der Waals surface area contributed by atoms with Crippen LogP contribution in [0.1, 0.15) is 37.7 Å². The summed E-state index contributed by atoms with van der Waals surface area (Å²) < 4.78 is 32.1. The Morgan fingerprint density at radius 1 is 1.11 bits per heavy atom. The van der Waals surface area contributed by atoms with Crippen LogP contribution in [-0.4, -0.2) is 12.1 Å². The van der Waals surface area contributed by atoms with E-state index in [1.165, 1.54) is 24.6 Å². The number of hydrogen-bond acceptors (Lipinski definition) is 2. The van der Waals surface area contributed by atoms with Crippen molar-refractivity contribution < 1.29 is 13.5 Å². The van der Waals surface area contributed by atoms with Gasteiger partial charge in [-0.3, -0.25) is 0 Å². The molecular formula is C14H19F2NO. The van der Waals surface area contributed by atoms with Crippen LogP contribution in [0.25, 0.3) is 0 Å². The van der Waals surface area contributed by atoms with E-state index in [1.54, 1.807) is 0 Å². The van der Waals surface area contributed by atoms with E-state index in [9.17, 15) is 8.78 Å². The summed E-state index contributed by atoms with van der Waals surface area (Å²) in [5, 5.41) is 0. The number of nitrogens with two attached hydrogens (primary N) is 1. The SMILES string of the molecule is NC1(COCc2c(F)cccc2F)CCCCC1.